The van der Waals surface area contributed by atoms with Crippen molar-refractivity contribution >= 4 is 21.6 Å². The standard InChI is InChI=1S/C8H5BrF3NO3/c9-6-1-4(3-14)5(8(10,11)12)2-7(6)13(15)16/h1-2,14H,3H2. The summed E-state index contributed by atoms with van der Waals surface area (Å²) in [5, 5.41) is 19.2. The molecule has 8 heteroatoms. The highest BCUT2D eigenvalue weighted by Crippen LogP contribution is 2.37. The molecule has 0 fully saturated rings. The summed E-state index contributed by atoms with van der Waals surface area (Å²) in [6.07, 6.45) is -4.73. The first kappa shape index (κ1) is 12.9. The van der Waals surface area contributed by atoms with Gasteiger partial charge in [0, 0.05) is 6.07 Å². The monoisotopic (exact) mass is 299 g/mol. The number of halogens is 4. The highest BCUT2D eigenvalue weighted by Gasteiger charge is 2.35. The molecule has 0 heterocycles. The molecule has 0 saturated carbocycles. The Morgan fingerprint density at radius 1 is 1.44 bits per heavy atom. The van der Waals surface area contributed by atoms with Crippen LogP contribution in [0.2, 0.25) is 0 Å². The number of rotatable bonds is 2. The Balaban J connectivity index is 3.47. The van der Waals surface area contributed by atoms with Gasteiger partial charge in [-0.2, -0.15) is 13.2 Å². The number of alkyl halides is 3. The molecule has 88 valence electrons. The highest BCUT2D eigenvalue weighted by molar-refractivity contribution is 9.10. The number of nitrogens with zero attached hydrogens (tertiary/aromatic N) is 1. The van der Waals surface area contributed by atoms with Crippen LogP contribution in [0, 0.1) is 10.1 Å². The maximum Gasteiger partial charge on any atom is 0.417 e. The molecule has 1 rings (SSSR count). The van der Waals surface area contributed by atoms with Crippen LogP contribution in [0.25, 0.3) is 0 Å². The molecule has 0 saturated heterocycles. The van der Waals surface area contributed by atoms with E-state index in [0.717, 1.165) is 6.07 Å². The van der Waals surface area contributed by atoms with Gasteiger partial charge in [0.1, 0.15) is 0 Å². The molecule has 0 aliphatic carbocycles. The fourth-order valence-electron chi connectivity index (χ4n) is 1.14. The second kappa shape index (κ2) is 4.38. The fraction of sp³-hybridized carbons (Fsp3) is 0.250. The smallest absolute Gasteiger partial charge is 0.392 e. The van der Waals surface area contributed by atoms with Crippen molar-refractivity contribution in [3.8, 4) is 0 Å². The van der Waals surface area contributed by atoms with Gasteiger partial charge in [-0.25, -0.2) is 0 Å². The first-order chi connectivity index (χ1) is 7.27. The zero-order chi connectivity index (χ0) is 12.5. The quantitative estimate of drug-likeness (QED) is 0.674. The van der Waals surface area contributed by atoms with Crippen molar-refractivity contribution in [3.63, 3.8) is 0 Å². The Bertz CT molecular complexity index is 433. The Hall–Kier alpha value is -1.15. The molecule has 0 radical (unpaired) electrons. The lowest BCUT2D eigenvalue weighted by Gasteiger charge is -2.11. The SMILES string of the molecule is O=[N+]([O-])c1cc(C(F)(F)F)c(CO)cc1Br. The summed E-state index contributed by atoms with van der Waals surface area (Å²) in [5.74, 6) is 0. The number of hydrogen-bond acceptors (Lipinski definition) is 3. The summed E-state index contributed by atoms with van der Waals surface area (Å²) in [7, 11) is 0. The topological polar surface area (TPSA) is 63.4 Å². The molecule has 0 aliphatic heterocycles. The summed E-state index contributed by atoms with van der Waals surface area (Å²) in [6.45, 7) is -0.842. The van der Waals surface area contributed by atoms with Gasteiger partial charge in [0.15, 0.2) is 0 Å². The van der Waals surface area contributed by atoms with E-state index in [9.17, 15) is 23.3 Å². The van der Waals surface area contributed by atoms with E-state index < -0.39 is 34.5 Å². The minimum atomic E-state index is -4.73. The van der Waals surface area contributed by atoms with Gasteiger partial charge in [-0.15, -0.1) is 0 Å². The molecule has 0 atom stereocenters. The van der Waals surface area contributed by atoms with E-state index in [1.54, 1.807) is 0 Å². The van der Waals surface area contributed by atoms with Crippen molar-refractivity contribution in [1.29, 1.82) is 0 Å². The van der Waals surface area contributed by atoms with Gasteiger partial charge in [-0.1, -0.05) is 0 Å². The number of aliphatic hydroxyl groups excluding tert-OH is 1. The van der Waals surface area contributed by atoms with Gasteiger partial charge < -0.3 is 5.11 Å². The van der Waals surface area contributed by atoms with E-state index in [1.807, 2.05) is 0 Å². The molecule has 4 nitrogen and oxygen atoms in total. The molecule has 0 spiro atoms. The average Bonchev–Trinajstić information content (AvgIpc) is 2.14. The minimum Gasteiger partial charge on any atom is -0.392 e. The van der Waals surface area contributed by atoms with Crippen molar-refractivity contribution in [2.45, 2.75) is 12.8 Å². The Kier molecular flexibility index (Phi) is 3.54. The Labute approximate surface area is 96.0 Å². The van der Waals surface area contributed by atoms with Crippen molar-refractivity contribution in [1.82, 2.24) is 0 Å². The summed E-state index contributed by atoms with van der Waals surface area (Å²) < 4.78 is 37.3. The summed E-state index contributed by atoms with van der Waals surface area (Å²) in [4.78, 5) is 9.52. The van der Waals surface area contributed by atoms with Crippen LogP contribution in [0.3, 0.4) is 0 Å². The minimum absolute atomic E-state index is 0.102. The number of aliphatic hydroxyl groups is 1. The van der Waals surface area contributed by atoms with Crippen LogP contribution in [-0.4, -0.2) is 10.0 Å². The van der Waals surface area contributed by atoms with Crippen LogP contribution in [0.5, 0.6) is 0 Å². The fourth-order valence-corrected chi connectivity index (χ4v) is 1.67. The van der Waals surface area contributed by atoms with Crippen LogP contribution in [0.1, 0.15) is 11.1 Å². The normalized spacial score (nSPS) is 11.6. The molecule has 0 amide bonds. The van der Waals surface area contributed by atoms with E-state index in [1.165, 1.54) is 0 Å². The number of nitro benzene ring substituents is 1. The third kappa shape index (κ3) is 2.50. The van der Waals surface area contributed by atoms with E-state index in [-0.39, 0.29) is 4.47 Å². The molecule has 0 bridgehead atoms. The van der Waals surface area contributed by atoms with Gasteiger partial charge in [0.05, 0.1) is 21.6 Å². The zero-order valence-electron chi connectivity index (χ0n) is 7.58. The maximum absolute atomic E-state index is 12.5. The molecule has 16 heavy (non-hydrogen) atoms. The van der Waals surface area contributed by atoms with Gasteiger partial charge in [-0.05, 0) is 27.6 Å². The van der Waals surface area contributed by atoms with Crippen molar-refractivity contribution in [2.24, 2.45) is 0 Å². The van der Waals surface area contributed by atoms with E-state index in [0.29, 0.717) is 6.07 Å². The van der Waals surface area contributed by atoms with Crippen molar-refractivity contribution < 1.29 is 23.2 Å². The van der Waals surface area contributed by atoms with Gasteiger partial charge in [-0.3, -0.25) is 10.1 Å². The molecular formula is C8H5BrF3NO3. The van der Waals surface area contributed by atoms with Gasteiger partial charge in [0.25, 0.3) is 5.69 Å². The lowest BCUT2D eigenvalue weighted by molar-refractivity contribution is -0.385. The lowest BCUT2D eigenvalue weighted by atomic mass is 10.1. The molecule has 0 aromatic heterocycles. The molecule has 1 N–H and O–H groups in total. The van der Waals surface area contributed by atoms with Crippen LogP contribution in [-0.2, 0) is 12.8 Å². The Morgan fingerprint density at radius 2 is 2.00 bits per heavy atom. The largest absolute Gasteiger partial charge is 0.417 e. The molecular weight excluding hydrogens is 295 g/mol. The summed E-state index contributed by atoms with van der Waals surface area (Å²) >= 11 is 2.77. The van der Waals surface area contributed by atoms with E-state index in [2.05, 4.69) is 15.9 Å². The first-order valence-electron chi connectivity index (χ1n) is 3.92. The second-order valence-electron chi connectivity index (χ2n) is 2.87. The van der Waals surface area contributed by atoms with E-state index in [4.69, 9.17) is 5.11 Å². The summed E-state index contributed by atoms with van der Waals surface area (Å²) in [5.41, 5.74) is -2.31. The number of nitro groups is 1. The number of benzene rings is 1. The zero-order valence-corrected chi connectivity index (χ0v) is 9.17. The van der Waals surface area contributed by atoms with Crippen molar-refractivity contribution in [3.05, 3.63) is 37.8 Å². The number of hydrogen-bond donors (Lipinski definition) is 1. The molecule has 1 aromatic carbocycles. The third-order valence-electron chi connectivity index (χ3n) is 1.85. The molecule has 0 aliphatic rings. The maximum atomic E-state index is 12.5. The predicted octanol–water partition coefficient (Wildman–Crippen LogP) is 2.87. The van der Waals surface area contributed by atoms with Crippen LogP contribution in [0.15, 0.2) is 16.6 Å². The Morgan fingerprint density at radius 3 is 2.38 bits per heavy atom. The van der Waals surface area contributed by atoms with Crippen LogP contribution >= 0.6 is 15.9 Å². The third-order valence-corrected chi connectivity index (χ3v) is 2.48. The molecule has 0 unspecified atom stereocenters. The average molecular weight is 300 g/mol. The first-order valence-corrected chi connectivity index (χ1v) is 4.71. The van der Waals surface area contributed by atoms with Crippen molar-refractivity contribution in [2.75, 3.05) is 0 Å². The van der Waals surface area contributed by atoms with Crippen LogP contribution in [0.4, 0.5) is 18.9 Å². The highest BCUT2D eigenvalue weighted by atomic mass is 79.9. The van der Waals surface area contributed by atoms with Crippen LogP contribution < -0.4 is 0 Å². The van der Waals surface area contributed by atoms with Gasteiger partial charge >= 0.3 is 6.18 Å². The van der Waals surface area contributed by atoms with Gasteiger partial charge in [0.2, 0.25) is 0 Å². The summed E-state index contributed by atoms with van der Waals surface area (Å²) in [6, 6.07) is 1.29. The predicted molar refractivity (Wildman–Crippen MR) is 51.7 cm³/mol. The lowest BCUT2D eigenvalue weighted by Crippen LogP contribution is -2.10. The molecule has 1 aromatic rings. The second-order valence-corrected chi connectivity index (χ2v) is 3.73. The van der Waals surface area contributed by atoms with E-state index >= 15 is 0 Å².